The lowest BCUT2D eigenvalue weighted by molar-refractivity contribution is 0.415. The van der Waals surface area contributed by atoms with Crippen molar-refractivity contribution in [3.05, 3.63) is 53.7 Å². The second-order valence-electron chi connectivity index (χ2n) is 3.93. The van der Waals surface area contributed by atoms with E-state index in [1.807, 2.05) is 24.3 Å². The minimum Gasteiger partial charge on any atom is -0.493 e. The normalized spacial score (nSPS) is 10.1. The average Bonchev–Trinajstić information content (AvgIpc) is 2.46. The Morgan fingerprint density at radius 1 is 1.17 bits per heavy atom. The van der Waals surface area contributed by atoms with Gasteiger partial charge in [0.25, 0.3) is 0 Å². The molecule has 2 rings (SSSR count). The number of pyridine rings is 1. The van der Waals surface area contributed by atoms with Crippen LogP contribution in [0.25, 0.3) is 0 Å². The molecule has 4 nitrogen and oxygen atoms in total. The first-order valence-corrected chi connectivity index (χ1v) is 5.84. The van der Waals surface area contributed by atoms with Crippen LogP contribution in [-0.2, 0) is 13.1 Å². The fourth-order valence-corrected chi connectivity index (χ4v) is 1.67. The van der Waals surface area contributed by atoms with Crippen LogP contribution in [0.15, 0.2) is 42.6 Å². The largest absolute Gasteiger partial charge is 0.493 e. The Hall–Kier alpha value is -2.07. The molecule has 1 heterocycles. The molecule has 0 aliphatic rings. The van der Waals surface area contributed by atoms with Crippen molar-refractivity contribution in [1.29, 1.82) is 0 Å². The fourth-order valence-electron chi connectivity index (χ4n) is 1.67. The summed E-state index contributed by atoms with van der Waals surface area (Å²) in [5.41, 5.74) is 7.87. The molecule has 0 atom stereocenters. The minimum absolute atomic E-state index is 0.571. The number of nitrogens with zero attached hydrogens (tertiary/aromatic N) is 1. The van der Waals surface area contributed by atoms with E-state index >= 15 is 0 Å². The van der Waals surface area contributed by atoms with Gasteiger partial charge in [-0.3, -0.25) is 0 Å². The zero-order valence-corrected chi connectivity index (χ0v) is 10.4. The Morgan fingerprint density at radius 2 is 1.89 bits per heavy atom. The minimum atomic E-state index is 0.571. The number of aromatic nitrogens is 1. The zero-order valence-electron chi connectivity index (χ0n) is 10.4. The third-order valence-electron chi connectivity index (χ3n) is 2.71. The van der Waals surface area contributed by atoms with Crippen molar-refractivity contribution in [1.82, 2.24) is 4.98 Å². The van der Waals surface area contributed by atoms with Crippen LogP contribution in [0.4, 0.5) is 5.82 Å². The SMILES string of the molecule is COc1cccnc1NCc1ccc(CN)cc1. The Balaban J connectivity index is 2.02. The molecular formula is C14H17N3O. The number of hydrogen-bond acceptors (Lipinski definition) is 4. The van der Waals surface area contributed by atoms with Crippen LogP contribution in [-0.4, -0.2) is 12.1 Å². The van der Waals surface area contributed by atoms with Crippen molar-refractivity contribution >= 4 is 5.82 Å². The highest BCUT2D eigenvalue weighted by atomic mass is 16.5. The highest BCUT2D eigenvalue weighted by Gasteiger charge is 2.02. The molecule has 0 bridgehead atoms. The highest BCUT2D eigenvalue weighted by molar-refractivity contribution is 5.49. The molecule has 0 unspecified atom stereocenters. The molecule has 0 radical (unpaired) electrons. The van der Waals surface area contributed by atoms with Crippen molar-refractivity contribution in [2.75, 3.05) is 12.4 Å². The van der Waals surface area contributed by atoms with Gasteiger partial charge in [0.05, 0.1) is 7.11 Å². The van der Waals surface area contributed by atoms with Gasteiger partial charge in [-0.25, -0.2) is 4.98 Å². The molecule has 0 aliphatic carbocycles. The number of nitrogens with one attached hydrogen (secondary N) is 1. The molecule has 2 aromatic rings. The van der Waals surface area contributed by atoms with Gasteiger partial charge in [0.1, 0.15) is 0 Å². The molecule has 18 heavy (non-hydrogen) atoms. The summed E-state index contributed by atoms with van der Waals surface area (Å²) >= 11 is 0. The van der Waals surface area contributed by atoms with E-state index in [1.165, 1.54) is 5.56 Å². The number of rotatable bonds is 5. The monoisotopic (exact) mass is 243 g/mol. The second-order valence-corrected chi connectivity index (χ2v) is 3.93. The van der Waals surface area contributed by atoms with Crippen molar-refractivity contribution < 1.29 is 4.74 Å². The molecule has 0 amide bonds. The van der Waals surface area contributed by atoms with E-state index < -0.39 is 0 Å². The summed E-state index contributed by atoms with van der Waals surface area (Å²) in [7, 11) is 1.64. The predicted molar refractivity (Wildman–Crippen MR) is 72.4 cm³/mol. The van der Waals surface area contributed by atoms with Crippen LogP contribution >= 0.6 is 0 Å². The molecule has 0 spiro atoms. The third kappa shape index (κ3) is 2.99. The Bertz CT molecular complexity index is 497. The zero-order chi connectivity index (χ0) is 12.8. The number of nitrogens with two attached hydrogens (primary N) is 1. The first-order chi connectivity index (χ1) is 8.83. The van der Waals surface area contributed by atoms with E-state index in [0.29, 0.717) is 13.1 Å². The summed E-state index contributed by atoms with van der Waals surface area (Å²) in [4.78, 5) is 4.24. The fraction of sp³-hybridized carbons (Fsp3) is 0.214. The Morgan fingerprint density at radius 3 is 2.56 bits per heavy atom. The van der Waals surface area contributed by atoms with E-state index in [0.717, 1.165) is 17.1 Å². The molecule has 1 aromatic heterocycles. The van der Waals surface area contributed by atoms with Crippen LogP contribution < -0.4 is 15.8 Å². The lowest BCUT2D eigenvalue weighted by Gasteiger charge is -2.09. The van der Waals surface area contributed by atoms with Crippen molar-refractivity contribution in [2.24, 2.45) is 5.73 Å². The molecule has 0 aliphatic heterocycles. The standard InChI is InChI=1S/C14H17N3O/c1-18-13-3-2-8-16-14(13)17-10-12-6-4-11(9-15)5-7-12/h2-8H,9-10,15H2,1H3,(H,16,17). The van der Waals surface area contributed by atoms with Gasteiger partial charge in [0.2, 0.25) is 0 Å². The quantitative estimate of drug-likeness (QED) is 0.844. The van der Waals surface area contributed by atoms with Crippen LogP contribution in [0.3, 0.4) is 0 Å². The summed E-state index contributed by atoms with van der Waals surface area (Å²) in [6.45, 7) is 1.28. The Kier molecular flexibility index (Phi) is 4.15. The van der Waals surface area contributed by atoms with Gasteiger partial charge < -0.3 is 15.8 Å². The van der Waals surface area contributed by atoms with E-state index in [-0.39, 0.29) is 0 Å². The average molecular weight is 243 g/mol. The predicted octanol–water partition coefficient (Wildman–Crippen LogP) is 2.16. The van der Waals surface area contributed by atoms with Gasteiger partial charge >= 0.3 is 0 Å². The molecule has 4 heteroatoms. The summed E-state index contributed by atoms with van der Waals surface area (Å²) in [6, 6.07) is 11.9. The molecule has 0 saturated heterocycles. The van der Waals surface area contributed by atoms with Crippen LogP contribution in [0.5, 0.6) is 5.75 Å². The maximum atomic E-state index is 5.56. The maximum Gasteiger partial charge on any atom is 0.168 e. The topological polar surface area (TPSA) is 60.2 Å². The van der Waals surface area contributed by atoms with Gasteiger partial charge in [-0.1, -0.05) is 24.3 Å². The summed E-state index contributed by atoms with van der Waals surface area (Å²) in [5, 5.41) is 3.25. The number of methoxy groups -OCH3 is 1. The number of ether oxygens (including phenoxy) is 1. The lowest BCUT2D eigenvalue weighted by atomic mass is 10.1. The van der Waals surface area contributed by atoms with E-state index in [1.54, 1.807) is 13.3 Å². The van der Waals surface area contributed by atoms with Crippen LogP contribution in [0, 0.1) is 0 Å². The van der Waals surface area contributed by atoms with E-state index in [9.17, 15) is 0 Å². The van der Waals surface area contributed by atoms with E-state index in [4.69, 9.17) is 10.5 Å². The first-order valence-electron chi connectivity index (χ1n) is 5.84. The second kappa shape index (κ2) is 6.02. The lowest BCUT2D eigenvalue weighted by Crippen LogP contribution is -2.03. The highest BCUT2D eigenvalue weighted by Crippen LogP contribution is 2.20. The van der Waals surface area contributed by atoms with Gasteiger partial charge in [-0.15, -0.1) is 0 Å². The van der Waals surface area contributed by atoms with Crippen LogP contribution in [0.1, 0.15) is 11.1 Å². The molecule has 3 N–H and O–H groups in total. The van der Waals surface area contributed by atoms with Gasteiger partial charge in [-0.2, -0.15) is 0 Å². The molecule has 0 fully saturated rings. The Labute approximate surface area is 107 Å². The summed E-state index contributed by atoms with van der Waals surface area (Å²) in [6.07, 6.45) is 1.74. The smallest absolute Gasteiger partial charge is 0.168 e. The van der Waals surface area contributed by atoms with Gasteiger partial charge in [0.15, 0.2) is 11.6 Å². The number of benzene rings is 1. The van der Waals surface area contributed by atoms with Crippen LogP contribution in [0.2, 0.25) is 0 Å². The number of hydrogen-bond donors (Lipinski definition) is 2. The number of anilines is 1. The molecular weight excluding hydrogens is 226 g/mol. The van der Waals surface area contributed by atoms with E-state index in [2.05, 4.69) is 22.4 Å². The maximum absolute atomic E-state index is 5.56. The van der Waals surface area contributed by atoms with Crippen molar-refractivity contribution in [3.8, 4) is 5.75 Å². The molecule has 1 aromatic carbocycles. The molecule has 0 saturated carbocycles. The summed E-state index contributed by atoms with van der Waals surface area (Å²) < 4.78 is 5.23. The molecule has 94 valence electrons. The third-order valence-corrected chi connectivity index (χ3v) is 2.71. The first kappa shape index (κ1) is 12.4. The van der Waals surface area contributed by atoms with Crippen molar-refractivity contribution in [2.45, 2.75) is 13.1 Å². The van der Waals surface area contributed by atoms with Crippen molar-refractivity contribution in [3.63, 3.8) is 0 Å². The summed E-state index contributed by atoms with van der Waals surface area (Å²) in [5.74, 6) is 1.50. The van der Waals surface area contributed by atoms with Gasteiger partial charge in [-0.05, 0) is 23.3 Å². The van der Waals surface area contributed by atoms with Gasteiger partial charge in [0, 0.05) is 19.3 Å².